The minimum absolute atomic E-state index is 0.0403. The van der Waals surface area contributed by atoms with E-state index in [-0.39, 0.29) is 11.3 Å². The number of nitrogens with zero attached hydrogens (tertiary/aromatic N) is 2. The van der Waals surface area contributed by atoms with Crippen molar-refractivity contribution in [2.45, 2.75) is 26.2 Å². The van der Waals surface area contributed by atoms with Crippen LogP contribution in [0.4, 0.5) is 5.69 Å². The van der Waals surface area contributed by atoms with Crippen LogP contribution in [0.3, 0.4) is 0 Å². The summed E-state index contributed by atoms with van der Waals surface area (Å²) in [7, 11) is 0. The normalized spacial score (nSPS) is 13.6. The molecule has 0 saturated carbocycles. The molecule has 184 valence electrons. The minimum Gasteiger partial charge on any atom is -0.455 e. The summed E-state index contributed by atoms with van der Waals surface area (Å²) < 4.78 is 5.75. The topological polar surface area (TPSA) is 156 Å². The SMILES string of the molecule is Cc1c(C(=O)NNC(=O)c2ccccc2[N+](=O)[O-])oc2c1/C(=N/NC(=O)c1ccc(Cl)cc1)CCC2. The van der Waals surface area contributed by atoms with Crippen LogP contribution in [0.5, 0.6) is 0 Å². The van der Waals surface area contributed by atoms with E-state index in [2.05, 4.69) is 21.4 Å². The van der Waals surface area contributed by atoms with E-state index in [0.29, 0.717) is 52.4 Å². The maximum atomic E-state index is 12.7. The monoisotopic (exact) mass is 509 g/mol. The first-order valence-corrected chi connectivity index (χ1v) is 11.2. The number of carbonyl (C=O) groups is 3. The fourth-order valence-corrected chi connectivity index (χ4v) is 3.97. The highest BCUT2D eigenvalue weighted by Gasteiger charge is 2.29. The number of nitrogens with one attached hydrogen (secondary N) is 3. The summed E-state index contributed by atoms with van der Waals surface area (Å²) in [5.41, 5.74) is 8.38. The number of rotatable bonds is 5. The number of hydrogen-bond donors (Lipinski definition) is 3. The predicted molar refractivity (Wildman–Crippen MR) is 130 cm³/mol. The second kappa shape index (κ2) is 10.4. The zero-order chi connectivity index (χ0) is 25.8. The van der Waals surface area contributed by atoms with Crippen molar-refractivity contribution in [2.75, 3.05) is 0 Å². The molecule has 0 spiro atoms. The average Bonchev–Trinajstić information content (AvgIpc) is 3.23. The van der Waals surface area contributed by atoms with E-state index in [1.54, 1.807) is 31.2 Å². The van der Waals surface area contributed by atoms with Gasteiger partial charge in [0.2, 0.25) is 0 Å². The summed E-state index contributed by atoms with van der Waals surface area (Å²) in [5.74, 6) is -1.51. The largest absolute Gasteiger partial charge is 0.455 e. The second-order valence-electron chi connectivity index (χ2n) is 7.90. The fraction of sp³-hybridized carbons (Fsp3) is 0.167. The molecule has 4 rings (SSSR count). The number of halogens is 1. The van der Waals surface area contributed by atoms with Crippen molar-refractivity contribution in [2.24, 2.45) is 5.10 Å². The van der Waals surface area contributed by atoms with E-state index in [1.165, 1.54) is 24.3 Å². The number of hydrazine groups is 1. The molecule has 0 aliphatic heterocycles. The van der Waals surface area contributed by atoms with Crippen molar-refractivity contribution >= 4 is 40.7 Å². The third-order valence-corrected chi connectivity index (χ3v) is 5.82. The highest BCUT2D eigenvalue weighted by Crippen LogP contribution is 2.30. The van der Waals surface area contributed by atoms with Crippen molar-refractivity contribution in [3.63, 3.8) is 0 Å². The van der Waals surface area contributed by atoms with Crippen LogP contribution >= 0.6 is 11.6 Å². The maximum Gasteiger partial charge on any atom is 0.305 e. The number of hydrazone groups is 1. The number of nitro benzene ring substituents is 1. The van der Waals surface area contributed by atoms with Gasteiger partial charge in [0.1, 0.15) is 11.3 Å². The lowest BCUT2D eigenvalue weighted by molar-refractivity contribution is -0.385. The number of amides is 3. The Kier molecular flexibility index (Phi) is 7.11. The number of carbonyl (C=O) groups excluding carboxylic acids is 3. The van der Waals surface area contributed by atoms with E-state index in [1.807, 2.05) is 0 Å². The summed E-state index contributed by atoms with van der Waals surface area (Å²) >= 11 is 5.85. The standard InChI is InChI=1S/C24H20ClN5O6/c1-13-20-17(26-27-22(31)14-9-11-15(25)12-10-14)6-4-8-19(20)36-21(13)24(33)29-28-23(32)16-5-2-3-7-18(16)30(34)35/h2-3,5,7,9-12H,4,6,8H2,1H3,(H,27,31)(H,28,32)(H,29,33)/b26-17+. The Morgan fingerprint density at radius 2 is 1.69 bits per heavy atom. The summed E-state index contributed by atoms with van der Waals surface area (Å²) in [6.45, 7) is 1.67. The number of nitro groups is 1. The van der Waals surface area contributed by atoms with Gasteiger partial charge in [-0.2, -0.15) is 5.10 Å². The van der Waals surface area contributed by atoms with E-state index >= 15 is 0 Å². The lowest BCUT2D eigenvalue weighted by Gasteiger charge is -2.13. The molecule has 3 amide bonds. The summed E-state index contributed by atoms with van der Waals surface area (Å²) in [4.78, 5) is 48.0. The first-order valence-electron chi connectivity index (χ1n) is 10.9. The number of aryl methyl sites for hydroxylation is 1. The van der Waals surface area contributed by atoms with Gasteiger partial charge in [0.25, 0.3) is 17.5 Å². The molecular formula is C24H20ClN5O6. The number of fused-ring (bicyclic) bond motifs is 1. The summed E-state index contributed by atoms with van der Waals surface area (Å²) in [6.07, 6.45) is 1.82. The molecule has 3 N–H and O–H groups in total. The van der Waals surface area contributed by atoms with Crippen LogP contribution in [-0.2, 0) is 6.42 Å². The Morgan fingerprint density at radius 1 is 1.00 bits per heavy atom. The third kappa shape index (κ3) is 5.10. The van der Waals surface area contributed by atoms with Crippen molar-refractivity contribution in [1.29, 1.82) is 0 Å². The first-order chi connectivity index (χ1) is 17.3. The molecule has 1 aliphatic rings. The van der Waals surface area contributed by atoms with Crippen molar-refractivity contribution in [3.8, 4) is 0 Å². The predicted octanol–water partition coefficient (Wildman–Crippen LogP) is 3.69. The van der Waals surface area contributed by atoms with Gasteiger partial charge in [-0.3, -0.25) is 35.3 Å². The van der Waals surface area contributed by atoms with Crippen LogP contribution in [0.1, 0.15) is 61.0 Å². The van der Waals surface area contributed by atoms with Crippen molar-refractivity contribution in [3.05, 3.63) is 97.4 Å². The van der Waals surface area contributed by atoms with Gasteiger partial charge >= 0.3 is 5.91 Å². The molecule has 2 aromatic carbocycles. The zero-order valence-corrected chi connectivity index (χ0v) is 19.7. The molecule has 1 aliphatic carbocycles. The third-order valence-electron chi connectivity index (χ3n) is 5.57. The molecule has 3 aromatic rings. The van der Waals surface area contributed by atoms with Gasteiger partial charge in [0, 0.05) is 34.2 Å². The van der Waals surface area contributed by atoms with Gasteiger partial charge in [-0.25, -0.2) is 5.43 Å². The molecule has 0 saturated heterocycles. The lowest BCUT2D eigenvalue weighted by atomic mass is 9.93. The van der Waals surface area contributed by atoms with E-state index in [0.717, 1.165) is 0 Å². The van der Waals surface area contributed by atoms with Crippen LogP contribution in [0, 0.1) is 17.0 Å². The Morgan fingerprint density at radius 3 is 2.42 bits per heavy atom. The minimum atomic E-state index is -0.850. The molecular weight excluding hydrogens is 490 g/mol. The van der Waals surface area contributed by atoms with Gasteiger partial charge in [0.15, 0.2) is 5.76 Å². The van der Waals surface area contributed by atoms with Crippen LogP contribution in [0.25, 0.3) is 0 Å². The van der Waals surface area contributed by atoms with Gasteiger partial charge in [-0.1, -0.05) is 23.7 Å². The fourth-order valence-electron chi connectivity index (χ4n) is 3.84. The number of benzene rings is 2. The molecule has 0 bridgehead atoms. The van der Waals surface area contributed by atoms with Gasteiger partial charge in [0.05, 0.1) is 10.6 Å². The van der Waals surface area contributed by atoms with Crippen LogP contribution < -0.4 is 16.3 Å². The van der Waals surface area contributed by atoms with Crippen molar-refractivity contribution < 1.29 is 23.7 Å². The Labute approximate surface area is 209 Å². The Balaban J connectivity index is 1.49. The molecule has 11 nitrogen and oxygen atoms in total. The molecule has 12 heteroatoms. The molecule has 0 fully saturated rings. The van der Waals surface area contributed by atoms with Crippen LogP contribution in [-0.4, -0.2) is 28.4 Å². The van der Waals surface area contributed by atoms with Gasteiger partial charge < -0.3 is 4.42 Å². The van der Waals surface area contributed by atoms with Crippen LogP contribution in [0.15, 0.2) is 58.0 Å². The molecule has 0 atom stereocenters. The quantitative estimate of drug-likeness (QED) is 0.351. The van der Waals surface area contributed by atoms with Crippen LogP contribution in [0.2, 0.25) is 5.02 Å². The van der Waals surface area contributed by atoms with Gasteiger partial charge in [-0.05, 0) is 50.1 Å². The Bertz CT molecular complexity index is 1400. The van der Waals surface area contributed by atoms with Crippen molar-refractivity contribution in [1.82, 2.24) is 16.3 Å². The average molecular weight is 510 g/mol. The highest BCUT2D eigenvalue weighted by molar-refractivity contribution is 6.30. The smallest absolute Gasteiger partial charge is 0.305 e. The molecule has 36 heavy (non-hydrogen) atoms. The molecule has 0 radical (unpaired) electrons. The number of furan rings is 1. The lowest BCUT2D eigenvalue weighted by Crippen LogP contribution is -2.42. The molecule has 1 aromatic heterocycles. The first kappa shape index (κ1) is 24.6. The maximum absolute atomic E-state index is 12.7. The summed E-state index contributed by atoms with van der Waals surface area (Å²) in [6, 6.07) is 11.7. The highest BCUT2D eigenvalue weighted by atomic mass is 35.5. The zero-order valence-electron chi connectivity index (χ0n) is 19.0. The van der Waals surface area contributed by atoms with E-state index in [9.17, 15) is 24.5 Å². The molecule has 1 heterocycles. The number of hydrogen-bond acceptors (Lipinski definition) is 7. The number of para-hydroxylation sites is 1. The van der Waals surface area contributed by atoms with E-state index < -0.39 is 28.3 Å². The molecule has 0 unspecified atom stereocenters. The van der Waals surface area contributed by atoms with Gasteiger partial charge in [-0.15, -0.1) is 0 Å². The Hall–Kier alpha value is -4.51. The van der Waals surface area contributed by atoms with E-state index in [4.69, 9.17) is 16.0 Å². The summed E-state index contributed by atoms with van der Waals surface area (Å²) in [5, 5.41) is 15.9. The second-order valence-corrected chi connectivity index (χ2v) is 8.33.